The summed E-state index contributed by atoms with van der Waals surface area (Å²) >= 11 is 1.69. The summed E-state index contributed by atoms with van der Waals surface area (Å²) in [6.07, 6.45) is 1.29. The monoisotopic (exact) mass is 299 g/mol. The van der Waals surface area contributed by atoms with Gasteiger partial charge < -0.3 is 10.4 Å². The lowest BCUT2D eigenvalue weighted by Crippen LogP contribution is -2.25. The summed E-state index contributed by atoms with van der Waals surface area (Å²) in [5, 5.41) is 13.6. The molecule has 0 aliphatic rings. The van der Waals surface area contributed by atoms with E-state index in [2.05, 4.69) is 23.2 Å². The zero-order valence-electron chi connectivity index (χ0n) is 11.6. The summed E-state index contributed by atoms with van der Waals surface area (Å²) in [6.45, 7) is 0.676. The molecule has 0 bridgehead atoms. The first-order valence-electron chi connectivity index (χ1n) is 6.80. The van der Waals surface area contributed by atoms with Crippen LogP contribution in [0.3, 0.4) is 0 Å². The van der Waals surface area contributed by atoms with E-state index in [0.29, 0.717) is 18.5 Å². The SMILES string of the molecule is O=C(NCCc1cccs1)c1cccc(C#CCCO)c1. The Morgan fingerprint density at radius 1 is 1.29 bits per heavy atom. The lowest BCUT2D eigenvalue weighted by molar-refractivity contribution is 0.0954. The van der Waals surface area contributed by atoms with Crippen LogP contribution in [0.1, 0.15) is 27.2 Å². The minimum Gasteiger partial charge on any atom is -0.395 e. The molecule has 2 aromatic rings. The van der Waals surface area contributed by atoms with Crippen LogP contribution in [0.25, 0.3) is 0 Å². The number of amides is 1. The van der Waals surface area contributed by atoms with Crippen molar-refractivity contribution in [1.82, 2.24) is 5.32 Å². The molecule has 1 aromatic carbocycles. The van der Waals surface area contributed by atoms with Gasteiger partial charge in [0.2, 0.25) is 0 Å². The Kier molecular flexibility index (Phi) is 6.01. The van der Waals surface area contributed by atoms with Gasteiger partial charge in [-0.05, 0) is 36.1 Å². The average molecular weight is 299 g/mol. The van der Waals surface area contributed by atoms with Crippen molar-refractivity contribution in [2.45, 2.75) is 12.8 Å². The summed E-state index contributed by atoms with van der Waals surface area (Å²) in [5.41, 5.74) is 1.39. The second kappa shape index (κ2) is 8.25. The van der Waals surface area contributed by atoms with Crippen molar-refractivity contribution in [2.24, 2.45) is 0 Å². The molecule has 0 aliphatic heterocycles. The molecule has 0 spiro atoms. The maximum atomic E-state index is 12.1. The smallest absolute Gasteiger partial charge is 0.251 e. The van der Waals surface area contributed by atoms with E-state index >= 15 is 0 Å². The minimum atomic E-state index is -0.0858. The van der Waals surface area contributed by atoms with E-state index in [4.69, 9.17) is 5.11 Å². The molecular weight excluding hydrogens is 282 g/mol. The van der Waals surface area contributed by atoms with E-state index in [-0.39, 0.29) is 12.5 Å². The number of carbonyl (C=O) groups is 1. The Balaban J connectivity index is 1.90. The van der Waals surface area contributed by atoms with Crippen molar-refractivity contribution < 1.29 is 9.90 Å². The Labute approximate surface area is 128 Å². The summed E-state index contributed by atoms with van der Waals surface area (Å²) in [4.78, 5) is 13.3. The molecule has 2 N–H and O–H groups in total. The normalized spacial score (nSPS) is 9.76. The number of aliphatic hydroxyl groups is 1. The third kappa shape index (κ3) is 5.07. The molecular formula is C17H17NO2S. The molecule has 0 saturated carbocycles. The van der Waals surface area contributed by atoms with Gasteiger partial charge >= 0.3 is 0 Å². The van der Waals surface area contributed by atoms with E-state index in [1.165, 1.54) is 4.88 Å². The van der Waals surface area contributed by atoms with Crippen molar-refractivity contribution in [3.63, 3.8) is 0 Å². The van der Waals surface area contributed by atoms with Gasteiger partial charge in [-0.25, -0.2) is 0 Å². The largest absolute Gasteiger partial charge is 0.395 e. The lowest BCUT2D eigenvalue weighted by atomic mass is 10.1. The fourth-order valence-corrected chi connectivity index (χ4v) is 2.52. The Morgan fingerprint density at radius 3 is 2.95 bits per heavy atom. The van der Waals surface area contributed by atoms with Gasteiger partial charge in [0.1, 0.15) is 0 Å². The van der Waals surface area contributed by atoms with Crippen LogP contribution in [0.4, 0.5) is 0 Å². The zero-order chi connectivity index (χ0) is 14.9. The second-order valence-corrected chi connectivity index (χ2v) is 5.47. The highest BCUT2D eigenvalue weighted by Gasteiger charge is 2.05. The summed E-state index contributed by atoms with van der Waals surface area (Å²) in [6, 6.07) is 11.3. The van der Waals surface area contributed by atoms with Crippen LogP contribution in [0.2, 0.25) is 0 Å². The molecule has 0 aliphatic carbocycles. The summed E-state index contributed by atoms with van der Waals surface area (Å²) in [7, 11) is 0. The van der Waals surface area contributed by atoms with Gasteiger partial charge in [-0.2, -0.15) is 0 Å². The summed E-state index contributed by atoms with van der Waals surface area (Å²) < 4.78 is 0. The number of nitrogens with one attached hydrogen (secondary N) is 1. The molecule has 1 amide bonds. The van der Waals surface area contributed by atoms with Crippen LogP contribution in [0.5, 0.6) is 0 Å². The van der Waals surface area contributed by atoms with Crippen molar-refractivity contribution in [1.29, 1.82) is 0 Å². The summed E-state index contributed by atoms with van der Waals surface area (Å²) in [5.74, 6) is 5.69. The first-order valence-corrected chi connectivity index (χ1v) is 7.68. The number of hydrogen-bond acceptors (Lipinski definition) is 3. The molecule has 0 radical (unpaired) electrons. The maximum absolute atomic E-state index is 12.1. The van der Waals surface area contributed by atoms with E-state index in [1.54, 1.807) is 23.5 Å². The highest BCUT2D eigenvalue weighted by atomic mass is 32.1. The third-order valence-electron chi connectivity index (χ3n) is 2.83. The van der Waals surface area contributed by atoms with Crippen LogP contribution < -0.4 is 5.32 Å². The van der Waals surface area contributed by atoms with Crippen LogP contribution in [0.15, 0.2) is 41.8 Å². The fourth-order valence-electron chi connectivity index (χ4n) is 1.81. The van der Waals surface area contributed by atoms with Gasteiger partial charge in [-0.3, -0.25) is 4.79 Å². The van der Waals surface area contributed by atoms with E-state index < -0.39 is 0 Å². The highest BCUT2D eigenvalue weighted by molar-refractivity contribution is 7.09. The minimum absolute atomic E-state index is 0.0515. The standard InChI is InChI=1S/C17H17NO2S/c19-11-2-1-5-14-6-3-7-15(13-14)17(20)18-10-9-16-8-4-12-21-16/h3-4,6-8,12-13,19H,2,9-11H2,(H,18,20). The molecule has 0 unspecified atom stereocenters. The fraction of sp³-hybridized carbons (Fsp3) is 0.235. The molecule has 0 saturated heterocycles. The van der Waals surface area contributed by atoms with Gasteiger partial charge in [-0.1, -0.05) is 24.0 Å². The van der Waals surface area contributed by atoms with Crippen molar-refractivity contribution in [2.75, 3.05) is 13.2 Å². The quantitative estimate of drug-likeness (QED) is 0.833. The van der Waals surface area contributed by atoms with E-state index in [0.717, 1.165) is 12.0 Å². The number of hydrogen-bond donors (Lipinski definition) is 2. The van der Waals surface area contributed by atoms with Crippen molar-refractivity contribution in [3.8, 4) is 11.8 Å². The number of aliphatic hydroxyl groups excluding tert-OH is 1. The van der Waals surface area contributed by atoms with E-state index in [9.17, 15) is 4.79 Å². The third-order valence-corrected chi connectivity index (χ3v) is 3.77. The van der Waals surface area contributed by atoms with Gasteiger partial charge in [0.05, 0.1) is 6.61 Å². The van der Waals surface area contributed by atoms with Gasteiger partial charge in [-0.15, -0.1) is 11.3 Å². The number of benzene rings is 1. The maximum Gasteiger partial charge on any atom is 0.251 e. The lowest BCUT2D eigenvalue weighted by Gasteiger charge is -2.04. The van der Waals surface area contributed by atoms with Crippen molar-refractivity contribution in [3.05, 3.63) is 57.8 Å². The highest BCUT2D eigenvalue weighted by Crippen LogP contribution is 2.08. The van der Waals surface area contributed by atoms with Gasteiger partial charge in [0.15, 0.2) is 0 Å². The zero-order valence-corrected chi connectivity index (χ0v) is 12.5. The van der Waals surface area contributed by atoms with Gasteiger partial charge in [0.25, 0.3) is 5.91 Å². The van der Waals surface area contributed by atoms with E-state index in [1.807, 2.05) is 23.6 Å². The predicted octanol–water partition coefficient (Wildman–Crippen LogP) is 2.45. The number of rotatable bonds is 5. The van der Waals surface area contributed by atoms with Crippen molar-refractivity contribution >= 4 is 17.2 Å². The van der Waals surface area contributed by atoms with Crippen LogP contribution in [0, 0.1) is 11.8 Å². The molecule has 2 rings (SSSR count). The molecule has 21 heavy (non-hydrogen) atoms. The molecule has 1 heterocycles. The molecule has 3 nitrogen and oxygen atoms in total. The second-order valence-electron chi connectivity index (χ2n) is 4.44. The van der Waals surface area contributed by atoms with Crippen LogP contribution in [-0.4, -0.2) is 24.2 Å². The number of thiophene rings is 1. The van der Waals surface area contributed by atoms with Crippen LogP contribution >= 0.6 is 11.3 Å². The Hall–Kier alpha value is -2.09. The molecule has 0 atom stereocenters. The molecule has 4 heteroatoms. The molecule has 0 fully saturated rings. The number of carbonyl (C=O) groups excluding carboxylic acids is 1. The molecule has 108 valence electrons. The predicted molar refractivity (Wildman–Crippen MR) is 85.4 cm³/mol. The van der Waals surface area contributed by atoms with Crippen LogP contribution in [-0.2, 0) is 6.42 Å². The first-order chi connectivity index (χ1) is 10.3. The first kappa shape index (κ1) is 15.3. The Morgan fingerprint density at radius 2 is 2.19 bits per heavy atom. The average Bonchev–Trinajstić information content (AvgIpc) is 3.01. The van der Waals surface area contributed by atoms with Gasteiger partial charge in [0, 0.05) is 29.0 Å². The topological polar surface area (TPSA) is 49.3 Å². The Bertz CT molecular complexity index is 638. The molecule has 1 aromatic heterocycles.